The summed E-state index contributed by atoms with van der Waals surface area (Å²) in [5.41, 5.74) is 1.87. The molecule has 0 fully saturated rings. The first-order chi connectivity index (χ1) is 6.33. The molecule has 0 amide bonds. The molecule has 66 valence electrons. The van der Waals surface area contributed by atoms with E-state index in [0.717, 1.165) is 17.4 Å². The average molecular weight is 172 g/mol. The fraction of sp³-hybridized carbons (Fsp3) is 0.0833. The maximum absolute atomic E-state index is 10.2. The van der Waals surface area contributed by atoms with Crippen molar-refractivity contribution < 1.29 is 4.79 Å². The molecule has 0 bridgehead atoms. The Hall–Kier alpha value is -1.63. The van der Waals surface area contributed by atoms with Crippen molar-refractivity contribution in [3.63, 3.8) is 0 Å². The fourth-order valence-corrected chi connectivity index (χ4v) is 0.914. The van der Waals surface area contributed by atoms with Crippen LogP contribution in [0.25, 0.3) is 6.08 Å². The summed E-state index contributed by atoms with van der Waals surface area (Å²) in [5.74, 6) is 0. The van der Waals surface area contributed by atoms with E-state index in [1.807, 2.05) is 42.5 Å². The minimum atomic E-state index is 0.729. The minimum absolute atomic E-state index is 0.729. The van der Waals surface area contributed by atoms with E-state index in [2.05, 4.69) is 0 Å². The second-order valence-corrected chi connectivity index (χ2v) is 2.80. The first-order valence-electron chi connectivity index (χ1n) is 4.18. The highest BCUT2D eigenvalue weighted by molar-refractivity contribution is 5.73. The Morgan fingerprint density at radius 3 is 2.54 bits per heavy atom. The number of allylic oxidation sites excluding steroid dienone is 3. The molecular formula is C12H12O. The van der Waals surface area contributed by atoms with E-state index >= 15 is 0 Å². The Bertz CT molecular complexity index is 320. The fourth-order valence-electron chi connectivity index (χ4n) is 0.914. The van der Waals surface area contributed by atoms with Crippen LogP contribution in [0.2, 0.25) is 0 Å². The van der Waals surface area contributed by atoms with E-state index in [0.29, 0.717) is 0 Å². The van der Waals surface area contributed by atoms with Gasteiger partial charge in [-0.3, -0.25) is 4.79 Å². The van der Waals surface area contributed by atoms with Crippen molar-refractivity contribution in [3.8, 4) is 0 Å². The molecule has 1 aromatic rings. The molecule has 1 aromatic carbocycles. The molecular weight excluding hydrogens is 160 g/mol. The van der Waals surface area contributed by atoms with Crippen LogP contribution in [-0.2, 0) is 4.79 Å². The van der Waals surface area contributed by atoms with E-state index in [9.17, 15) is 4.79 Å². The van der Waals surface area contributed by atoms with Gasteiger partial charge in [-0.05, 0) is 18.1 Å². The molecule has 0 aliphatic carbocycles. The summed E-state index contributed by atoms with van der Waals surface area (Å²) in [6, 6.07) is 9.97. The lowest BCUT2D eigenvalue weighted by atomic mass is 10.2. The highest BCUT2D eigenvalue weighted by atomic mass is 16.1. The van der Waals surface area contributed by atoms with Crippen LogP contribution in [0.4, 0.5) is 0 Å². The summed E-state index contributed by atoms with van der Waals surface area (Å²) >= 11 is 0. The molecule has 0 spiro atoms. The Kier molecular flexibility index (Phi) is 3.71. The van der Waals surface area contributed by atoms with Gasteiger partial charge in [0.15, 0.2) is 0 Å². The summed E-state index contributed by atoms with van der Waals surface area (Å²) < 4.78 is 0. The van der Waals surface area contributed by atoms with E-state index in [1.165, 1.54) is 0 Å². The summed E-state index contributed by atoms with van der Waals surface area (Å²) in [4.78, 5) is 10.2. The first kappa shape index (κ1) is 9.46. The van der Waals surface area contributed by atoms with E-state index in [4.69, 9.17) is 0 Å². The number of carbonyl (C=O) groups excluding carboxylic acids is 1. The van der Waals surface area contributed by atoms with E-state index < -0.39 is 0 Å². The third kappa shape index (κ3) is 3.52. The summed E-state index contributed by atoms with van der Waals surface area (Å²) in [5, 5.41) is 0. The van der Waals surface area contributed by atoms with Gasteiger partial charge in [0, 0.05) is 0 Å². The molecule has 1 nitrogen and oxygen atoms in total. The molecule has 0 atom stereocenters. The topological polar surface area (TPSA) is 17.1 Å². The highest BCUT2D eigenvalue weighted by Crippen LogP contribution is 2.01. The maximum atomic E-state index is 10.2. The van der Waals surface area contributed by atoms with Gasteiger partial charge in [-0.2, -0.15) is 0 Å². The molecule has 1 heteroatoms. The molecule has 0 aromatic heterocycles. The molecule has 0 heterocycles. The van der Waals surface area contributed by atoms with Gasteiger partial charge in [-0.25, -0.2) is 0 Å². The third-order valence-electron chi connectivity index (χ3n) is 1.63. The van der Waals surface area contributed by atoms with Gasteiger partial charge in [0.25, 0.3) is 0 Å². The van der Waals surface area contributed by atoms with Crippen molar-refractivity contribution in [2.24, 2.45) is 0 Å². The standard InChI is InChI=1S/C12H12O/c1-11(10-13)6-5-9-12-7-3-2-4-8-12/h2-10H,1H3/b9-5+,11-6+. The molecule has 0 saturated heterocycles. The first-order valence-corrected chi connectivity index (χ1v) is 4.18. The van der Waals surface area contributed by atoms with Gasteiger partial charge in [0.1, 0.15) is 6.29 Å². The predicted octanol–water partition coefficient (Wildman–Crippen LogP) is 2.85. The average Bonchev–Trinajstić information content (AvgIpc) is 2.19. The van der Waals surface area contributed by atoms with Gasteiger partial charge in [-0.1, -0.05) is 48.6 Å². The molecule has 0 saturated carbocycles. The van der Waals surface area contributed by atoms with Crippen molar-refractivity contribution in [1.82, 2.24) is 0 Å². The van der Waals surface area contributed by atoms with Crippen LogP contribution in [0, 0.1) is 0 Å². The lowest BCUT2D eigenvalue weighted by Gasteiger charge is -1.88. The zero-order valence-electron chi connectivity index (χ0n) is 7.60. The van der Waals surface area contributed by atoms with Crippen molar-refractivity contribution in [3.05, 3.63) is 53.6 Å². The van der Waals surface area contributed by atoms with Crippen LogP contribution in [0.1, 0.15) is 12.5 Å². The maximum Gasteiger partial charge on any atom is 0.145 e. The lowest BCUT2D eigenvalue weighted by Crippen LogP contribution is -1.72. The third-order valence-corrected chi connectivity index (χ3v) is 1.63. The van der Waals surface area contributed by atoms with Crippen LogP contribution < -0.4 is 0 Å². The van der Waals surface area contributed by atoms with Crippen molar-refractivity contribution in [1.29, 1.82) is 0 Å². The molecule has 0 unspecified atom stereocenters. The second kappa shape index (κ2) is 5.09. The summed E-state index contributed by atoms with van der Waals surface area (Å²) in [6.07, 6.45) is 6.47. The summed E-state index contributed by atoms with van der Waals surface area (Å²) in [6.45, 7) is 1.78. The van der Waals surface area contributed by atoms with Crippen LogP contribution in [0.15, 0.2) is 48.1 Å². The highest BCUT2D eigenvalue weighted by Gasteiger charge is 1.81. The number of carbonyl (C=O) groups is 1. The number of aldehydes is 1. The molecule has 0 radical (unpaired) electrons. The predicted molar refractivity (Wildman–Crippen MR) is 55.3 cm³/mol. The normalized spacial score (nSPS) is 11.9. The number of hydrogen-bond donors (Lipinski definition) is 0. The lowest BCUT2D eigenvalue weighted by molar-refractivity contribution is -0.104. The van der Waals surface area contributed by atoms with Gasteiger partial charge < -0.3 is 0 Å². The van der Waals surface area contributed by atoms with Gasteiger partial charge >= 0.3 is 0 Å². The Balaban J connectivity index is 2.65. The number of benzene rings is 1. The van der Waals surface area contributed by atoms with E-state index in [-0.39, 0.29) is 0 Å². The molecule has 0 aliphatic heterocycles. The van der Waals surface area contributed by atoms with Gasteiger partial charge in [-0.15, -0.1) is 0 Å². The van der Waals surface area contributed by atoms with Crippen molar-refractivity contribution >= 4 is 12.4 Å². The van der Waals surface area contributed by atoms with Crippen LogP contribution in [0.3, 0.4) is 0 Å². The monoisotopic (exact) mass is 172 g/mol. The van der Waals surface area contributed by atoms with E-state index in [1.54, 1.807) is 13.0 Å². The SMILES string of the molecule is C/C(C=O)=C\C=C\c1ccccc1. The van der Waals surface area contributed by atoms with Crippen LogP contribution in [-0.4, -0.2) is 6.29 Å². The number of rotatable bonds is 3. The number of hydrogen-bond acceptors (Lipinski definition) is 1. The largest absolute Gasteiger partial charge is 0.298 e. The van der Waals surface area contributed by atoms with Crippen LogP contribution >= 0.6 is 0 Å². The minimum Gasteiger partial charge on any atom is -0.298 e. The Morgan fingerprint density at radius 2 is 1.92 bits per heavy atom. The zero-order chi connectivity index (χ0) is 9.52. The molecule has 0 aliphatic rings. The second-order valence-electron chi connectivity index (χ2n) is 2.80. The Labute approximate surface area is 78.4 Å². The molecule has 13 heavy (non-hydrogen) atoms. The quantitative estimate of drug-likeness (QED) is 0.389. The zero-order valence-corrected chi connectivity index (χ0v) is 7.60. The van der Waals surface area contributed by atoms with Gasteiger partial charge in [0.2, 0.25) is 0 Å². The van der Waals surface area contributed by atoms with Crippen LogP contribution in [0.5, 0.6) is 0 Å². The molecule has 0 N–H and O–H groups in total. The smallest absolute Gasteiger partial charge is 0.145 e. The summed E-state index contributed by atoms with van der Waals surface area (Å²) in [7, 11) is 0. The Morgan fingerprint density at radius 1 is 1.23 bits per heavy atom. The molecule has 1 rings (SSSR count). The van der Waals surface area contributed by atoms with Crippen molar-refractivity contribution in [2.75, 3.05) is 0 Å². The van der Waals surface area contributed by atoms with Gasteiger partial charge in [0.05, 0.1) is 0 Å². The van der Waals surface area contributed by atoms with Crippen molar-refractivity contribution in [2.45, 2.75) is 6.92 Å².